The average molecular weight is 300 g/mol. The number of carbonyl (C=O) groups excluding carboxylic acids is 1. The first kappa shape index (κ1) is 17.8. The SMILES string of the molecule is CC(C)N(CC(=O)O)C1CCN(C(=O)OC(C)(C)C)CC1. The normalized spacial score (nSPS) is 17.4. The summed E-state index contributed by atoms with van der Waals surface area (Å²) in [4.78, 5) is 26.7. The van der Waals surface area contributed by atoms with Gasteiger partial charge in [0, 0.05) is 25.2 Å². The van der Waals surface area contributed by atoms with E-state index >= 15 is 0 Å². The molecule has 1 amide bonds. The Morgan fingerprint density at radius 3 is 2.19 bits per heavy atom. The van der Waals surface area contributed by atoms with Gasteiger partial charge in [0.1, 0.15) is 5.60 Å². The predicted molar refractivity (Wildman–Crippen MR) is 80.3 cm³/mol. The number of carboxylic acids is 1. The third-order valence-electron chi connectivity index (χ3n) is 3.57. The summed E-state index contributed by atoms with van der Waals surface area (Å²) in [6, 6.07) is 0.388. The highest BCUT2D eigenvalue weighted by molar-refractivity contribution is 5.69. The van der Waals surface area contributed by atoms with E-state index < -0.39 is 11.6 Å². The van der Waals surface area contributed by atoms with Gasteiger partial charge in [0.2, 0.25) is 0 Å². The van der Waals surface area contributed by atoms with Gasteiger partial charge in [-0.1, -0.05) is 0 Å². The van der Waals surface area contributed by atoms with Gasteiger partial charge in [0.15, 0.2) is 0 Å². The van der Waals surface area contributed by atoms with Crippen molar-refractivity contribution in [1.82, 2.24) is 9.80 Å². The summed E-state index contributed by atoms with van der Waals surface area (Å²) in [7, 11) is 0. The quantitative estimate of drug-likeness (QED) is 0.861. The van der Waals surface area contributed by atoms with Crippen LogP contribution in [0.2, 0.25) is 0 Å². The number of likely N-dealkylation sites (tertiary alicyclic amines) is 1. The number of ether oxygens (including phenoxy) is 1. The molecule has 0 unspecified atom stereocenters. The first-order chi connectivity index (χ1) is 9.60. The Balaban J connectivity index is 2.54. The Kier molecular flexibility index (Phi) is 6.01. The van der Waals surface area contributed by atoms with E-state index in [4.69, 9.17) is 9.84 Å². The van der Waals surface area contributed by atoms with Gasteiger partial charge in [0.25, 0.3) is 0 Å². The lowest BCUT2D eigenvalue weighted by Gasteiger charge is -2.40. The Morgan fingerprint density at radius 1 is 1.29 bits per heavy atom. The van der Waals surface area contributed by atoms with Crippen molar-refractivity contribution in [3.8, 4) is 0 Å². The number of piperidine rings is 1. The van der Waals surface area contributed by atoms with Crippen molar-refractivity contribution in [1.29, 1.82) is 0 Å². The molecule has 0 radical (unpaired) electrons. The van der Waals surface area contributed by atoms with E-state index in [0.29, 0.717) is 13.1 Å². The Morgan fingerprint density at radius 2 is 1.81 bits per heavy atom. The van der Waals surface area contributed by atoms with Crippen LogP contribution in [0, 0.1) is 0 Å². The van der Waals surface area contributed by atoms with Crippen LogP contribution in [0.4, 0.5) is 4.79 Å². The lowest BCUT2D eigenvalue weighted by molar-refractivity contribution is -0.139. The number of carboxylic acid groups (broad SMARTS) is 1. The molecule has 0 saturated carbocycles. The van der Waals surface area contributed by atoms with Gasteiger partial charge in [-0.15, -0.1) is 0 Å². The molecule has 1 N–H and O–H groups in total. The molecule has 0 aromatic heterocycles. The van der Waals surface area contributed by atoms with Crippen molar-refractivity contribution >= 4 is 12.1 Å². The molecular formula is C15H28N2O4. The second kappa shape index (κ2) is 7.11. The second-order valence-corrected chi connectivity index (χ2v) is 6.86. The highest BCUT2D eigenvalue weighted by Gasteiger charge is 2.31. The van der Waals surface area contributed by atoms with E-state index in [2.05, 4.69) is 0 Å². The fourth-order valence-corrected chi connectivity index (χ4v) is 2.60. The fraction of sp³-hybridized carbons (Fsp3) is 0.867. The smallest absolute Gasteiger partial charge is 0.410 e. The van der Waals surface area contributed by atoms with Crippen molar-refractivity contribution < 1.29 is 19.4 Å². The zero-order valence-corrected chi connectivity index (χ0v) is 13.8. The van der Waals surface area contributed by atoms with Crippen molar-refractivity contribution in [2.45, 2.75) is 65.1 Å². The first-order valence-electron chi connectivity index (χ1n) is 7.55. The third kappa shape index (κ3) is 5.91. The van der Waals surface area contributed by atoms with E-state index in [9.17, 15) is 9.59 Å². The summed E-state index contributed by atoms with van der Waals surface area (Å²) in [6.07, 6.45) is 1.28. The molecule has 1 saturated heterocycles. The molecule has 6 heteroatoms. The van der Waals surface area contributed by atoms with Gasteiger partial charge in [-0.3, -0.25) is 9.69 Å². The maximum Gasteiger partial charge on any atom is 0.410 e. The van der Waals surface area contributed by atoms with Gasteiger partial charge in [0.05, 0.1) is 6.54 Å². The minimum absolute atomic E-state index is 0.0504. The number of amides is 1. The molecule has 122 valence electrons. The van der Waals surface area contributed by atoms with E-state index in [1.54, 1.807) is 4.90 Å². The lowest BCUT2D eigenvalue weighted by atomic mass is 10.0. The zero-order chi connectivity index (χ0) is 16.2. The molecule has 1 rings (SSSR count). The predicted octanol–water partition coefficient (Wildman–Crippen LogP) is 2.18. The number of rotatable bonds is 4. The van der Waals surface area contributed by atoms with Crippen LogP contribution in [0.3, 0.4) is 0 Å². The fourth-order valence-electron chi connectivity index (χ4n) is 2.60. The van der Waals surface area contributed by atoms with Gasteiger partial charge in [-0.2, -0.15) is 0 Å². The molecular weight excluding hydrogens is 272 g/mol. The van der Waals surface area contributed by atoms with Crippen LogP contribution in [-0.4, -0.2) is 64.3 Å². The first-order valence-corrected chi connectivity index (χ1v) is 7.55. The summed E-state index contributed by atoms with van der Waals surface area (Å²) >= 11 is 0. The Hall–Kier alpha value is -1.30. The molecule has 0 aliphatic carbocycles. The number of hydrogen-bond acceptors (Lipinski definition) is 4. The summed E-state index contributed by atoms with van der Waals surface area (Å²) in [5.74, 6) is -0.807. The van der Waals surface area contributed by atoms with E-state index in [1.165, 1.54) is 0 Å². The largest absolute Gasteiger partial charge is 0.480 e. The standard InChI is InChI=1S/C15H28N2O4/c1-11(2)17(10-13(18)19)12-6-8-16(9-7-12)14(20)21-15(3,4)5/h11-12H,6-10H2,1-5H3,(H,18,19). The minimum atomic E-state index is -0.807. The number of hydrogen-bond donors (Lipinski definition) is 1. The van der Waals surface area contributed by atoms with E-state index in [0.717, 1.165) is 12.8 Å². The van der Waals surface area contributed by atoms with Crippen molar-refractivity contribution in [3.05, 3.63) is 0 Å². The van der Waals surface area contributed by atoms with Crippen LogP contribution in [0.5, 0.6) is 0 Å². The molecule has 0 aromatic carbocycles. The average Bonchev–Trinajstić information content (AvgIpc) is 2.33. The summed E-state index contributed by atoms with van der Waals surface area (Å²) < 4.78 is 5.36. The van der Waals surface area contributed by atoms with Gasteiger partial charge < -0.3 is 14.7 Å². The van der Waals surface area contributed by atoms with Gasteiger partial charge >= 0.3 is 12.1 Å². The lowest BCUT2D eigenvalue weighted by Crippen LogP contribution is -2.51. The molecule has 21 heavy (non-hydrogen) atoms. The zero-order valence-electron chi connectivity index (χ0n) is 13.8. The maximum atomic E-state index is 12.0. The molecule has 0 spiro atoms. The molecule has 1 aliphatic heterocycles. The third-order valence-corrected chi connectivity index (χ3v) is 3.57. The Labute approximate surface area is 127 Å². The van der Waals surface area contributed by atoms with Crippen LogP contribution < -0.4 is 0 Å². The Bertz CT molecular complexity index is 368. The van der Waals surface area contributed by atoms with Crippen LogP contribution in [0.15, 0.2) is 0 Å². The van der Waals surface area contributed by atoms with Crippen LogP contribution in [0.1, 0.15) is 47.5 Å². The molecule has 1 heterocycles. The summed E-state index contributed by atoms with van der Waals surface area (Å²) in [6.45, 7) is 10.8. The van der Waals surface area contributed by atoms with Crippen LogP contribution >= 0.6 is 0 Å². The molecule has 6 nitrogen and oxygen atoms in total. The summed E-state index contributed by atoms with van der Waals surface area (Å²) in [5, 5.41) is 9.01. The van der Waals surface area contributed by atoms with Gasteiger partial charge in [-0.25, -0.2) is 4.79 Å². The second-order valence-electron chi connectivity index (χ2n) is 6.86. The van der Waals surface area contributed by atoms with Crippen LogP contribution in [-0.2, 0) is 9.53 Å². The summed E-state index contributed by atoms with van der Waals surface area (Å²) in [5.41, 5.74) is -0.485. The minimum Gasteiger partial charge on any atom is -0.480 e. The van der Waals surface area contributed by atoms with Gasteiger partial charge in [-0.05, 0) is 47.5 Å². The van der Waals surface area contributed by atoms with Crippen molar-refractivity contribution in [2.75, 3.05) is 19.6 Å². The topological polar surface area (TPSA) is 70.1 Å². The van der Waals surface area contributed by atoms with Crippen LogP contribution in [0.25, 0.3) is 0 Å². The van der Waals surface area contributed by atoms with Crippen molar-refractivity contribution in [3.63, 3.8) is 0 Å². The number of aliphatic carboxylic acids is 1. The molecule has 0 bridgehead atoms. The molecule has 1 fully saturated rings. The monoisotopic (exact) mass is 300 g/mol. The van der Waals surface area contributed by atoms with E-state index in [1.807, 2.05) is 39.5 Å². The molecule has 1 aliphatic rings. The van der Waals surface area contributed by atoms with E-state index in [-0.39, 0.29) is 24.7 Å². The molecule has 0 aromatic rings. The highest BCUT2D eigenvalue weighted by atomic mass is 16.6. The van der Waals surface area contributed by atoms with Crippen molar-refractivity contribution in [2.24, 2.45) is 0 Å². The molecule has 0 atom stereocenters. The highest BCUT2D eigenvalue weighted by Crippen LogP contribution is 2.20. The number of nitrogens with zero attached hydrogens (tertiary/aromatic N) is 2. The maximum absolute atomic E-state index is 12.0. The number of carbonyl (C=O) groups is 2.